The first-order valence-electron chi connectivity index (χ1n) is 6.35. The van der Waals surface area contributed by atoms with Gasteiger partial charge in [-0.25, -0.2) is 5.32 Å². The molecule has 0 saturated carbocycles. The van der Waals surface area contributed by atoms with Crippen LogP contribution in [0.2, 0.25) is 0 Å². The first-order valence-corrected chi connectivity index (χ1v) is 6.35. The maximum atomic E-state index is 4.45. The van der Waals surface area contributed by atoms with Gasteiger partial charge in [0.05, 0.1) is 0 Å². The Bertz CT molecular complexity index is 276. The third kappa shape index (κ3) is 3.95. The second kappa shape index (κ2) is 6.66. The summed E-state index contributed by atoms with van der Waals surface area (Å²) in [4.78, 5) is 2.56. The minimum Gasteiger partial charge on any atom is -0.302 e. The van der Waals surface area contributed by atoms with E-state index in [1.807, 2.05) is 0 Å². The maximum Gasteiger partial charge on any atom is 0.0261 e. The molecule has 0 unspecified atom stereocenters. The lowest BCUT2D eigenvalue weighted by Gasteiger charge is -2.18. The summed E-state index contributed by atoms with van der Waals surface area (Å²) in [6.07, 6.45) is 3.71. The number of hydrogen-bond donors (Lipinski definition) is 0. The molecular weight excluding hydrogens is 196 g/mol. The number of rotatable bonds is 4. The zero-order chi connectivity index (χ0) is 11.1. The van der Waals surface area contributed by atoms with Crippen LogP contribution in [0.3, 0.4) is 0 Å². The molecule has 1 saturated heterocycles. The van der Waals surface area contributed by atoms with E-state index in [9.17, 15) is 0 Å². The number of benzene rings is 1. The monoisotopic (exact) mass is 217 g/mol. The van der Waals surface area contributed by atoms with Gasteiger partial charge in [-0.15, -0.1) is 0 Å². The van der Waals surface area contributed by atoms with Gasteiger partial charge in [-0.3, -0.25) is 0 Å². The molecule has 1 aromatic rings. The summed E-state index contributed by atoms with van der Waals surface area (Å²) in [5.74, 6) is 0. The van der Waals surface area contributed by atoms with E-state index in [1.54, 1.807) is 0 Å². The van der Waals surface area contributed by atoms with Crippen LogP contribution in [0.15, 0.2) is 30.3 Å². The Morgan fingerprint density at radius 1 is 1.06 bits per heavy atom. The van der Waals surface area contributed by atoms with Crippen LogP contribution in [0, 0.1) is 0 Å². The highest BCUT2D eigenvalue weighted by atomic mass is 15.1. The minimum atomic E-state index is 1.03. The van der Waals surface area contributed by atoms with Gasteiger partial charge >= 0.3 is 0 Å². The topological polar surface area (TPSA) is 17.3 Å². The summed E-state index contributed by atoms with van der Waals surface area (Å²) in [6.45, 7) is 5.72. The van der Waals surface area contributed by atoms with Crippen molar-refractivity contribution in [2.24, 2.45) is 0 Å². The van der Waals surface area contributed by atoms with E-state index >= 15 is 0 Å². The molecule has 87 valence electrons. The third-order valence-electron chi connectivity index (χ3n) is 3.15. The Kier molecular flexibility index (Phi) is 4.84. The Morgan fingerprint density at radius 3 is 2.81 bits per heavy atom. The van der Waals surface area contributed by atoms with Crippen molar-refractivity contribution in [3.63, 3.8) is 0 Å². The van der Waals surface area contributed by atoms with Crippen molar-refractivity contribution in [2.45, 2.75) is 19.3 Å². The summed E-state index contributed by atoms with van der Waals surface area (Å²) in [5, 5.41) is 4.45. The van der Waals surface area contributed by atoms with Crippen LogP contribution in [0.4, 0.5) is 0 Å². The first kappa shape index (κ1) is 11.6. The lowest BCUT2D eigenvalue weighted by Crippen LogP contribution is -2.28. The third-order valence-corrected chi connectivity index (χ3v) is 3.15. The van der Waals surface area contributed by atoms with Gasteiger partial charge in [0.2, 0.25) is 0 Å². The average Bonchev–Trinajstić information content (AvgIpc) is 2.59. The molecule has 2 heteroatoms. The predicted octanol–water partition coefficient (Wildman–Crippen LogP) is 1.93. The standard InChI is InChI=1S/C14H21N2/c1-2-6-14(7-3-1)8-4-11-16-12-5-9-15-10-13-16/h1-3,6-7H,4-5,8-13H2. The number of nitrogens with zero attached hydrogens (tertiary/aromatic N) is 2. The highest BCUT2D eigenvalue weighted by Gasteiger charge is 2.08. The summed E-state index contributed by atoms with van der Waals surface area (Å²) < 4.78 is 0. The fourth-order valence-electron chi connectivity index (χ4n) is 2.22. The van der Waals surface area contributed by atoms with Crippen LogP contribution in [0.1, 0.15) is 18.4 Å². The SMILES string of the molecule is c1ccc(CCCN2CCC[N]CC2)cc1. The van der Waals surface area contributed by atoms with Crippen molar-refractivity contribution in [1.82, 2.24) is 10.2 Å². The van der Waals surface area contributed by atoms with Gasteiger partial charge in [-0.1, -0.05) is 30.3 Å². The molecule has 0 spiro atoms. The molecule has 1 radical (unpaired) electrons. The van der Waals surface area contributed by atoms with Crippen LogP contribution in [-0.2, 0) is 6.42 Å². The van der Waals surface area contributed by atoms with Gasteiger partial charge in [-0.05, 0) is 37.9 Å². The summed E-state index contributed by atoms with van der Waals surface area (Å²) >= 11 is 0. The van der Waals surface area contributed by atoms with Crippen molar-refractivity contribution in [3.05, 3.63) is 35.9 Å². The number of aryl methyl sites for hydroxylation is 1. The summed E-state index contributed by atoms with van der Waals surface area (Å²) in [5.41, 5.74) is 1.46. The zero-order valence-electron chi connectivity index (χ0n) is 9.94. The molecule has 1 aliphatic rings. The van der Waals surface area contributed by atoms with Gasteiger partial charge in [0.15, 0.2) is 0 Å². The summed E-state index contributed by atoms with van der Waals surface area (Å²) in [7, 11) is 0. The molecule has 1 fully saturated rings. The van der Waals surface area contributed by atoms with E-state index < -0.39 is 0 Å². The quantitative estimate of drug-likeness (QED) is 0.753. The van der Waals surface area contributed by atoms with Gasteiger partial charge < -0.3 is 4.90 Å². The molecule has 0 bridgehead atoms. The van der Waals surface area contributed by atoms with Crippen LogP contribution < -0.4 is 5.32 Å². The smallest absolute Gasteiger partial charge is 0.0261 e. The number of hydrogen-bond acceptors (Lipinski definition) is 1. The van der Waals surface area contributed by atoms with E-state index in [4.69, 9.17) is 0 Å². The van der Waals surface area contributed by atoms with Gasteiger partial charge in [0.1, 0.15) is 0 Å². The Balaban J connectivity index is 1.67. The first-order chi connectivity index (χ1) is 7.95. The Hall–Kier alpha value is -0.860. The molecule has 1 aliphatic heterocycles. The largest absolute Gasteiger partial charge is 0.302 e. The fourth-order valence-corrected chi connectivity index (χ4v) is 2.22. The Morgan fingerprint density at radius 2 is 1.94 bits per heavy atom. The van der Waals surface area contributed by atoms with Crippen molar-refractivity contribution >= 4 is 0 Å². The van der Waals surface area contributed by atoms with Crippen LogP contribution in [-0.4, -0.2) is 37.6 Å². The van der Waals surface area contributed by atoms with Crippen molar-refractivity contribution in [3.8, 4) is 0 Å². The molecule has 1 aromatic carbocycles. The van der Waals surface area contributed by atoms with Gasteiger partial charge in [-0.2, -0.15) is 0 Å². The van der Waals surface area contributed by atoms with Crippen LogP contribution in [0.5, 0.6) is 0 Å². The molecule has 16 heavy (non-hydrogen) atoms. The van der Waals surface area contributed by atoms with E-state index in [2.05, 4.69) is 40.5 Å². The van der Waals surface area contributed by atoms with Crippen molar-refractivity contribution in [1.29, 1.82) is 0 Å². The van der Waals surface area contributed by atoms with E-state index in [1.165, 1.54) is 37.9 Å². The van der Waals surface area contributed by atoms with E-state index in [0.717, 1.165) is 19.6 Å². The van der Waals surface area contributed by atoms with E-state index in [-0.39, 0.29) is 0 Å². The molecule has 0 aliphatic carbocycles. The lowest BCUT2D eigenvalue weighted by atomic mass is 10.1. The molecule has 0 atom stereocenters. The zero-order valence-corrected chi connectivity index (χ0v) is 9.94. The molecule has 2 rings (SSSR count). The van der Waals surface area contributed by atoms with Gasteiger partial charge in [0, 0.05) is 19.6 Å². The highest BCUT2D eigenvalue weighted by Crippen LogP contribution is 2.04. The van der Waals surface area contributed by atoms with Crippen LogP contribution >= 0.6 is 0 Å². The van der Waals surface area contributed by atoms with Crippen molar-refractivity contribution < 1.29 is 0 Å². The van der Waals surface area contributed by atoms with Crippen LogP contribution in [0.25, 0.3) is 0 Å². The average molecular weight is 217 g/mol. The molecular formula is C14H21N2. The predicted molar refractivity (Wildman–Crippen MR) is 67.7 cm³/mol. The minimum absolute atomic E-state index is 1.03. The molecule has 0 aromatic heterocycles. The molecule has 0 amide bonds. The van der Waals surface area contributed by atoms with Crippen molar-refractivity contribution in [2.75, 3.05) is 32.7 Å². The van der Waals surface area contributed by atoms with Gasteiger partial charge in [0.25, 0.3) is 0 Å². The fraction of sp³-hybridized carbons (Fsp3) is 0.571. The lowest BCUT2D eigenvalue weighted by molar-refractivity contribution is 0.289. The highest BCUT2D eigenvalue weighted by molar-refractivity contribution is 5.14. The maximum absolute atomic E-state index is 4.45. The Labute approximate surface area is 98.7 Å². The second-order valence-corrected chi connectivity index (χ2v) is 4.46. The normalized spacial score (nSPS) is 18.2. The molecule has 1 heterocycles. The second-order valence-electron chi connectivity index (χ2n) is 4.46. The molecule has 2 nitrogen and oxygen atoms in total. The van der Waals surface area contributed by atoms with E-state index in [0.29, 0.717) is 0 Å². The molecule has 0 N–H and O–H groups in total. The summed E-state index contributed by atoms with van der Waals surface area (Å²) in [6, 6.07) is 10.8.